The molecule has 0 aliphatic carbocycles. The number of nitrogens with one attached hydrogen (secondary N) is 1. The molecule has 0 fully saturated rings. The van der Waals surface area contributed by atoms with Gasteiger partial charge in [0.2, 0.25) is 0 Å². The molecule has 0 aliphatic rings. The molecular formula is C15H12N2OS. The summed E-state index contributed by atoms with van der Waals surface area (Å²) in [5.74, 6) is 0.932. The van der Waals surface area contributed by atoms with Crippen LogP contribution in [0.25, 0.3) is 22.2 Å². The van der Waals surface area contributed by atoms with Crippen LogP contribution in [0.4, 0.5) is 0 Å². The number of fused-ring (bicyclic) bond motifs is 1. The van der Waals surface area contributed by atoms with Gasteiger partial charge in [0.15, 0.2) is 0 Å². The first-order valence-corrected chi connectivity index (χ1v) is 6.64. The van der Waals surface area contributed by atoms with Crippen LogP contribution >= 0.6 is 11.3 Å². The molecule has 1 aromatic carbocycles. The van der Waals surface area contributed by atoms with E-state index in [2.05, 4.69) is 0 Å². The third kappa shape index (κ3) is 2.30. The maximum absolute atomic E-state index is 7.51. The highest BCUT2D eigenvalue weighted by Crippen LogP contribution is 2.29. The zero-order valence-electron chi connectivity index (χ0n) is 10.1. The first-order chi connectivity index (χ1) is 9.24. The van der Waals surface area contributed by atoms with Gasteiger partial charge in [-0.2, -0.15) is 0 Å². The van der Waals surface area contributed by atoms with E-state index in [0.29, 0.717) is 0 Å². The summed E-state index contributed by atoms with van der Waals surface area (Å²) in [5.41, 5.74) is 6.63. The van der Waals surface area contributed by atoms with E-state index in [1.54, 1.807) is 6.26 Å². The smallest absolute Gasteiger partial charge is 0.133 e. The molecule has 0 saturated carbocycles. The van der Waals surface area contributed by atoms with Crippen molar-refractivity contribution in [1.29, 1.82) is 5.41 Å². The van der Waals surface area contributed by atoms with Gasteiger partial charge < -0.3 is 10.2 Å². The average molecular weight is 268 g/mol. The van der Waals surface area contributed by atoms with Gasteiger partial charge in [0.05, 0.1) is 11.1 Å². The molecule has 2 aromatic heterocycles. The highest BCUT2D eigenvalue weighted by molar-refractivity contribution is 7.20. The lowest BCUT2D eigenvalue weighted by Crippen LogP contribution is -2.08. The maximum Gasteiger partial charge on any atom is 0.133 e. The van der Waals surface area contributed by atoms with Crippen LogP contribution < -0.4 is 5.73 Å². The molecule has 0 spiro atoms. The highest BCUT2D eigenvalue weighted by atomic mass is 32.1. The number of nitrogens with two attached hydrogens (primary N) is 1. The van der Waals surface area contributed by atoms with E-state index >= 15 is 0 Å². The van der Waals surface area contributed by atoms with E-state index in [-0.39, 0.29) is 5.84 Å². The predicted octanol–water partition coefficient (Wildman–Crippen LogP) is 3.95. The molecule has 0 radical (unpaired) electrons. The number of furan rings is 1. The summed E-state index contributed by atoms with van der Waals surface area (Å²) in [6, 6.07) is 11.8. The minimum absolute atomic E-state index is 0.113. The number of hydrogen-bond donors (Lipinski definition) is 2. The third-order valence-corrected chi connectivity index (χ3v) is 3.96. The van der Waals surface area contributed by atoms with Crippen LogP contribution in [0.3, 0.4) is 0 Å². The molecule has 2 heterocycles. The molecule has 0 amide bonds. The first kappa shape index (κ1) is 11.7. The van der Waals surface area contributed by atoms with E-state index in [9.17, 15) is 0 Å². The van der Waals surface area contributed by atoms with E-state index in [1.165, 1.54) is 11.3 Å². The second kappa shape index (κ2) is 4.74. The molecule has 3 aromatic rings. The molecule has 4 heteroatoms. The van der Waals surface area contributed by atoms with Crippen molar-refractivity contribution in [1.82, 2.24) is 0 Å². The number of nitrogen functional groups attached to an aromatic ring is 1. The Labute approximate surface area is 114 Å². The monoisotopic (exact) mass is 268 g/mol. The van der Waals surface area contributed by atoms with Crippen LogP contribution in [-0.2, 0) is 0 Å². The first-order valence-electron chi connectivity index (χ1n) is 5.82. The van der Waals surface area contributed by atoms with Crippen molar-refractivity contribution in [3.05, 3.63) is 58.9 Å². The molecule has 0 saturated heterocycles. The van der Waals surface area contributed by atoms with Gasteiger partial charge in [0.1, 0.15) is 11.6 Å². The molecule has 19 heavy (non-hydrogen) atoms. The summed E-state index contributed by atoms with van der Waals surface area (Å²) in [4.78, 5) is 0.800. The van der Waals surface area contributed by atoms with Gasteiger partial charge in [0, 0.05) is 10.1 Å². The van der Waals surface area contributed by atoms with Gasteiger partial charge in [-0.25, -0.2) is 0 Å². The van der Waals surface area contributed by atoms with Crippen LogP contribution in [0.2, 0.25) is 0 Å². The average Bonchev–Trinajstić information content (AvgIpc) is 3.05. The van der Waals surface area contributed by atoms with Gasteiger partial charge in [-0.3, -0.25) is 5.41 Å². The molecular weight excluding hydrogens is 256 g/mol. The fourth-order valence-corrected chi connectivity index (χ4v) is 2.88. The summed E-state index contributed by atoms with van der Waals surface area (Å²) in [5, 5.41) is 8.62. The number of benzene rings is 1. The number of thiophene rings is 1. The van der Waals surface area contributed by atoms with Gasteiger partial charge in [-0.05, 0) is 35.9 Å². The van der Waals surface area contributed by atoms with Crippen molar-refractivity contribution >= 4 is 39.4 Å². The van der Waals surface area contributed by atoms with E-state index in [0.717, 1.165) is 26.3 Å². The lowest BCUT2D eigenvalue weighted by atomic mass is 10.1. The van der Waals surface area contributed by atoms with Crippen LogP contribution in [-0.4, -0.2) is 5.84 Å². The highest BCUT2D eigenvalue weighted by Gasteiger charge is 2.06. The van der Waals surface area contributed by atoms with Gasteiger partial charge in [-0.15, -0.1) is 11.3 Å². The minimum atomic E-state index is 0.113. The van der Waals surface area contributed by atoms with Crippen LogP contribution in [0, 0.1) is 5.41 Å². The van der Waals surface area contributed by atoms with Gasteiger partial charge in [0.25, 0.3) is 0 Å². The maximum atomic E-state index is 7.51. The van der Waals surface area contributed by atoms with Crippen LogP contribution in [0.1, 0.15) is 16.2 Å². The normalized spacial score (nSPS) is 11.4. The summed E-state index contributed by atoms with van der Waals surface area (Å²) >= 11 is 1.54. The van der Waals surface area contributed by atoms with Crippen molar-refractivity contribution in [3.63, 3.8) is 0 Å². The fourth-order valence-electron chi connectivity index (χ4n) is 1.92. The molecule has 0 unspecified atom stereocenters. The molecule has 94 valence electrons. The van der Waals surface area contributed by atoms with Crippen molar-refractivity contribution < 1.29 is 4.42 Å². The molecule has 3 N–H and O–H groups in total. The topological polar surface area (TPSA) is 63.0 Å². The largest absolute Gasteiger partial charge is 0.465 e. The fraction of sp³-hybridized carbons (Fsp3) is 0. The summed E-state index contributed by atoms with van der Waals surface area (Å²) in [7, 11) is 0. The van der Waals surface area contributed by atoms with E-state index in [1.807, 2.05) is 48.6 Å². The van der Waals surface area contributed by atoms with Crippen molar-refractivity contribution in [2.75, 3.05) is 0 Å². The zero-order valence-corrected chi connectivity index (χ0v) is 10.9. The zero-order chi connectivity index (χ0) is 13.2. The van der Waals surface area contributed by atoms with Crippen molar-refractivity contribution in [2.45, 2.75) is 0 Å². The van der Waals surface area contributed by atoms with Crippen molar-refractivity contribution in [3.8, 4) is 0 Å². The SMILES string of the molecule is N=C(N)c1cc2c(C=Cc3ccco3)cccc2s1. The lowest BCUT2D eigenvalue weighted by Gasteiger charge is -1.95. The Hall–Kier alpha value is -2.33. The Morgan fingerprint density at radius 3 is 2.84 bits per heavy atom. The summed E-state index contributed by atoms with van der Waals surface area (Å²) < 4.78 is 6.40. The molecule has 0 atom stereocenters. The lowest BCUT2D eigenvalue weighted by molar-refractivity contribution is 0.557. The van der Waals surface area contributed by atoms with Gasteiger partial charge in [-0.1, -0.05) is 18.2 Å². The Kier molecular flexibility index (Phi) is 2.93. The van der Waals surface area contributed by atoms with E-state index < -0.39 is 0 Å². The minimum Gasteiger partial charge on any atom is -0.465 e. The molecule has 0 bridgehead atoms. The standard InChI is InChI=1S/C15H12N2OS/c16-15(17)14-9-12-10(3-1-5-13(12)19-14)6-7-11-4-2-8-18-11/h1-9H,(H3,16,17). The Balaban J connectivity index is 2.06. The van der Waals surface area contributed by atoms with Gasteiger partial charge >= 0.3 is 0 Å². The van der Waals surface area contributed by atoms with Crippen LogP contribution in [0.15, 0.2) is 47.1 Å². The second-order valence-electron chi connectivity index (χ2n) is 4.13. The third-order valence-electron chi connectivity index (χ3n) is 2.83. The van der Waals surface area contributed by atoms with Crippen molar-refractivity contribution in [2.24, 2.45) is 5.73 Å². The number of hydrogen-bond acceptors (Lipinski definition) is 3. The number of rotatable bonds is 3. The molecule has 3 nitrogen and oxygen atoms in total. The number of amidine groups is 1. The van der Waals surface area contributed by atoms with Crippen LogP contribution in [0.5, 0.6) is 0 Å². The Morgan fingerprint density at radius 1 is 1.21 bits per heavy atom. The summed E-state index contributed by atoms with van der Waals surface area (Å²) in [6.45, 7) is 0. The summed E-state index contributed by atoms with van der Waals surface area (Å²) in [6.07, 6.45) is 5.59. The molecule has 3 rings (SSSR count). The molecule has 0 aliphatic heterocycles. The second-order valence-corrected chi connectivity index (χ2v) is 5.22. The van der Waals surface area contributed by atoms with E-state index in [4.69, 9.17) is 15.6 Å². The quantitative estimate of drug-likeness (QED) is 0.558. The Bertz CT molecular complexity index is 754. The Morgan fingerprint density at radius 2 is 2.11 bits per heavy atom. The predicted molar refractivity (Wildman–Crippen MR) is 80.5 cm³/mol.